The fourth-order valence-electron chi connectivity index (χ4n) is 7.00. The van der Waals surface area contributed by atoms with Gasteiger partial charge >= 0.3 is 11.9 Å². The SMILES string of the molecule is CC[C@@H]1OC(C)C(OC(=O)c2ccccc2)C(OCc2ccccc2)[C@@H]1OC1OC(COC(=O)c2ccccc2)C(C)[C@H](OCc2ccccc2)[C@H]1N=[N+]=[N-]. The smallest absolute Gasteiger partial charge is 0.338 e. The molecule has 2 fully saturated rings. The third kappa shape index (κ3) is 10.2. The van der Waals surface area contributed by atoms with Crippen LogP contribution in [0.5, 0.6) is 0 Å². The first-order valence-electron chi connectivity index (χ1n) is 18.7. The van der Waals surface area contributed by atoms with Crippen LogP contribution in [0, 0.1) is 5.92 Å². The molecule has 12 nitrogen and oxygen atoms in total. The summed E-state index contributed by atoms with van der Waals surface area (Å²) >= 11 is 0. The number of hydrogen-bond acceptors (Lipinski definition) is 10. The molecule has 0 saturated carbocycles. The highest BCUT2D eigenvalue weighted by molar-refractivity contribution is 5.89. The summed E-state index contributed by atoms with van der Waals surface area (Å²) < 4.78 is 45.0. The third-order valence-electron chi connectivity index (χ3n) is 9.99. The zero-order chi connectivity index (χ0) is 38.6. The summed E-state index contributed by atoms with van der Waals surface area (Å²) in [6.45, 7) is 5.99. The molecule has 0 N–H and O–H groups in total. The molecule has 2 aliphatic rings. The molecule has 0 spiro atoms. The monoisotopic (exact) mass is 749 g/mol. The summed E-state index contributed by atoms with van der Waals surface area (Å²) in [5.41, 5.74) is 12.5. The number of esters is 2. The molecule has 0 bridgehead atoms. The van der Waals surface area contributed by atoms with Crippen LogP contribution in [0.2, 0.25) is 0 Å². The van der Waals surface area contributed by atoms with Gasteiger partial charge in [0.05, 0.1) is 48.8 Å². The van der Waals surface area contributed by atoms with Gasteiger partial charge in [0.25, 0.3) is 0 Å². The van der Waals surface area contributed by atoms with E-state index in [1.54, 1.807) is 48.5 Å². The van der Waals surface area contributed by atoms with Crippen molar-refractivity contribution in [1.82, 2.24) is 0 Å². The van der Waals surface area contributed by atoms with E-state index in [9.17, 15) is 15.1 Å². The predicted molar refractivity (Wildman–Crippen MR) is 203 cm³/mol. The van der Waals surface area contributed by atoms with Crippen molar-refractivity contribution in [2.75, 3.05) is 6.61 Å². The first-order valence-corrected chi connectivity index (χ1v) is 18.7. The Morgan fingerprint density at radius 1 is 0.673 bits per heavy atom. The van der Waals surface area contributed by atoms with Gasteiger partial charge in [-0.3, -0.25) is 0 Å². The van der Waals surface area contributed by atoms with E-state index in [1.165, 1.54) is 0 Å². The molecule has 4 aromatic carbocycles. The minimum absolute atomic E-state index is 0.121. The van der Waals surface area contributed by atoms with E-state index in [4.69, 9.17) is 33.2 Å². The highest BCUT2D eigenvalue weighted by atomic mass is 16.7. The van der Waals surface area contributed by atoms with Gasteiger partial charge in [-0.2, -0.15) is 0 Å². The summed E-state index contributed by atoms with van der Waals surface area (Å²) in [6.07, 6.45) is -5.81. The molecule has 0 radical (unpaired) electrons. The number of carbonyl (C=O) groups is 2. The van der Waals surface area contributed by atoms with Gasteiger partial charge in [0.15, 0.2) is 12.4 Å². The lowest BCUT2D eigenvalue weighted by Crippen LogP contribution is -2.63. The maximum absolute atomic E-state index is 13.5. The summed E-state index contributed by atoms with van der Waals surface area (Å²) in [6, 6.07) is 35.7. The largest absolute Gasteiger partial charge is 0.459 e. The Kier molecular flexibility index (Phi) is 14.0. The van der Waals surface area contributed by atoms with Crippen molar-refractivity contribution < 1.29 is 42.7 Å². The van der Waals surface area contributed by atoms with E-state index >= 15 is 0 Å². The number of carbonyl (C=O) groups excluding carboxylic acids is 2. The minimum atomic E-state index is -1.20. The van der Waals surface area contributed by atoms with Crippen LogP contribution >= 0.6 is 0 Å². The van der Waals surface area contributed by atoms with Crippen molar-refractivity contribution >= 4 is 11.9 Å². The zero-order valence-corrected chi connectivity index (χ0v) is 31.2. The van der Waals surface area contributed by atoms with E-state index in [2.05, 4.69) is 10.0 Å². The number of azide groups is 1. The number of hydrogen-bond donors (Lipinski definition) is 0. The zero-order valence-electron chi connectivity index (χ0n) is 31.2. The number of benzene rings is 4. The van der Waals surface area contributed by atoms with E-state index in [0.717, 1.165) is 11.1 Å². The normalized spacial score (nSPS) is 27.7. The molecule has 10 atom stereocenters. The molecule has 2 saturated heterocycles. The van der Waals surface area contributed by atoms with Crippen LogP contribution in [0.4, 0.5) is 0 Å². The molecule has 0 aliphatic carbocycles. The van der Waals surface area contributed by atoms with Crippen LogP contribution in [-0.2, 0) is 46.4 Å². The van der Waals surface area contributed by atoms with E-state index in [-0.39, 0.29) is 19.8 Å². The summed E-state index contributed by atoms with van der Waals surface area (Å²) in [4.78, 5) is 29.7. The molecule has 6 unspecified atom stereocenters. The second-order valence-corrected chi connectivity index (χ2v) is 13.7. The third-order valence-corrected chi connectivity index (χ3v) is 9.99. The maximum atomic E-state index is 13.5. The van der Waals surface area contributed by atoms with Crippen LogP contribution in [-0.4, -0.2) is 73.6 Å². The average Bonchev–Trinajstić information content (AvgIpc) is 3.23. The molecule has 6 rings (SSSR count). The molecule has 4 aromatic rings. The molecule has 0 aromatic heterocycles. The first kappa shape index (κ1) is 39.6. The standard InChI is InChI=1S/C43H47N3O9/c1-4-34-39(40(50-26-31-19-11-6-12-20-31)38(29(3)52-34)54-42(48)33-23-15-8-16-24-33)55-43-36(45-46-44)37(49-25-30-17-9-5-10-18-30)28(2)35(53-43)27-51-41(47)32-21-13-7-14-22-32/h5-24,28-29,34-40,43H,4,25-27H2,1-3H3/t28?,29?,34-,35?,36+,37-,38?,39+,40?,43?/m0/s1. The number of ether oxygens (including phenoxy) is 7. The topological polar surface area (TPSA) is 148 Å². The lowest BCUT2D eigenvalue weighted by Gasteiger charge is -2.49. The fraction of sp³-hybridized carbons (Fsp3) is 0.395. The Morgan fingerprint density at radius 3 is 1.75 bits per heavy atom. The van der Waals surface area contributed by atoms with Crippen molar-refractivity contribution in [3.05, 3.63) is 154 Å². The van der Waals surface area contributed by atoms with Gasteiger partial charge in [-0.1, -0.05) is 116 Å². The van der Waals surface area contributed by atoms with Gasteiger partial charge in [0, 0.05) is 10.8 Å². The van der Waals surface area contributed by atoms with Gasteiger partial charge in [-0.15, -0.1) is 0 Å². The molecule has 12 heteroatoms. The lowest BCUT2D eigenvalue weighted by atomic mass is 9.88. The fourth-order valence-corrected chi connectivity index (χ4v) is 7.00. The number of nitrogens with zero attached hydrogens (tertiary/aromatic N) is 3. The predicted octanol–water partition coefficient (Wildman–Crippen LogP) is 7.86. The van der Waals surface area contributed by atoms with Crippen LogP contribution in [0.3, 0.4) is 0 Å². The molecule has 2 aliphatic heterocycles. The summed E-state index contributed by atoms with van der Waals surface area (Å²) in [7, 11) is 0. The Morgan fingerprint density at radius 2 is 1.20 bits per heavy atom. The Labute approximate surface area is 321 Å². The van der Waals surface area contributed by atoms with Gasteiger partial charge in [-0.05, 0) is 54.3 Å². The average molecular weight is 750 g/mol. The Bertz CT molecular complexity index is 1850. The van der Waals surface area contributed by atoms with Crippen molar-refractivity contribution in [2.45, 2.75) is 95.5 Å². The maximum Gasteiger partial charge on any atom is 0.338 e. The van der Waals surface area contributed by atoms with E-state index in [0.29, 0.717) is 17.5 Å². The van der Waals surface area contributed by atoms with Gasteiger partial charge in [0.2, 0.25) is 0 Å². The lowest BCUT2D eigenvalue weighted by molar-refractivity contribution is -0.318. The van der Waals surface area contributed by atoms with Gasteiger partial charge in [0.1, 0.15) is 24.9 Å². The van der Waals surface area contributed by atoms with Gasteiger partial charge in [-0.25, -0.2) is 9.59 Å². The molecule has 0 amide bonds. The van der Waals surface area contributed by atoms with Crippen LogP contribution < -0.4 is 0 Å². The molecular weight excluding hydrogens is 702 g/mol. The summed E-state index contributed by atoms with van der Waals surface area (Å²) in [5.74, 6) is -1.45. The molecular formula is C43H47N3O9. The van der Waals surface area contributed by atoms with Crippen molar-refractivity contribution in [3.63, 3.8) is 0 Å². The molecule has 288 valence electrons. The highest BCUT2D eigenvalue weighted by Gasteiger charge is 2.52. The summed E-state index contributed by atoms with van der Waals surface area (Å²) in [5, 5.41) is 4.17. The Hall–Kier alpha value is -5.07. The van der Waals surface area contributed by atoms with Gasteiger partial charge < -0.3 is 33.2 Å². The Balaban J connectivity index is 1.32. The van der Waals surface area contributed by atoms with E-state index < -0.39 is 72.9 Å². The van der Waals surface area contributed by atoms with Crippen LogP contribution in [0.1, 0.15) is 59.0 Å². The van der Waals surface area contributed by atoms with Crippen LogP contribution in [0.25, 0.3) is 10.4 Å². The first-order chi connectivity index (χ1) is 26.9. The molecule has 55 heavy (non-hydrogen) atoms. The highest BCUT2D eigenvalue weighted by Crippen LogP contribution is 2.37. The van der Waals surface area contributed by atoms with Crippen molar-refractivity contribution in [3.8, 4) is 0 Å². The number of rotatable bonds is 15. The quantitative estimate of drug-likeness (QED) is 0.0513. The molecule has 2 heterocycles. The van der Waals surface area contributed by atoms with Crippen molar-refractivity contribution in [2.24, 2.45) is 11.0 Å². The second kappa shape index (κ2) is 19.5. The van der Waals surface area contributed by atoms with E-state index in [1.807, 2.05) is 93.6 Å². The minimum Gasteiger partial charge on any atom is -0.459 e. The van der Waals surface area contributed by atoms with Crippen LogP contribution in [0.15, 0.2) is 126 Å². The second-order valence-electron chi connectivity index (χ2n) is 13.7. The van der Waals surface area contributed by atoms with Crippen molar-refractivity contribution in [1.29, 1.82) is 0 Å².